The summed E-state index contributed by atoms with van der Waals surface area (Å²) in [6.45, 7) is 6.23. The second kappa shape index (κ2) is 7.34. The maximum absolute atomic E-state index is 4.01. The van der Waals surface area contributed by atoms with Crippen molar-refractivity contribution in [3.8, 4) is 11.8 Å². The van der Waals surface area contributed by atoms with E-state index in [4.69, 9.17) is 0 Å². The van der Waals surface area contributed by atoms with Gasteiger partial charge in [0, 0.05) is 11.3 Å². The molecular weight excluding hydrogens is 240 g/mol. The molecule has 106 valence electrons. The summed E-state index contributed by atoms with van der Waals surface area (Å²) in [5.74, 6) is 7.67. The monoisotopic (exact) mass is 266 g/mol. The first-order chi connectivity index (χ1) is 9.72. The standard InChI is InChI=1S/C20H26/c1-3-20(2,16-14-18-10-6-4-7-11-18)17-15-19-12-8-5-9-13-19/h3-4,6-7,10-11,19H,1,5,8-9,12-14,16H2,2H3/t20-/m1/s1. The summed E-state index contributed by atoms with van der Waals surface area (Å²) >= 11 is 0. The molecule has 2 rings (SSSR count). The van der Waals surface area contributed by atoms with E-state index >= 15 is 0 Å². The van der Waals surface area contributed by atoms with E-state index in [1.807, 2.05) is 6.08 Å². The van der Waals surface area contributed by atoms with Crippen LogP contribution in [-0.4, -0.2) is 0 Å². The van der Waals surface area contributed by atoms with E-state index in [0.29, 0.717) is 5.92 Å². The molecule has 1 aliphatic rings. The van der Waals surface area contributed by atoms with Crippen LogP contribution in [0.3, 0.4) is 0 Å². The molecule has 0 nitrogen and oxygen atoms in total. The number of hydrogen-bond acceptors (Lipinski definition) is 0. The van der Waals surface area contributed by atoms with Gasteiger partial charge in [0.2, 0.25) is 0 Å². The van der Waals surface area contributed by atoms with Gasteiger partial charge in [0.25, 0.3) is 0 Å². The molecule has 0 unspecified atom stereocenters. The van der Waals surface area contributed by atoms with Gasteiger partial charge < -0.3 is 0 Å². The molecule has 0 bridgehead atoms. The van der Waals surface area contributed by atoms with Crippen molar-refractivity contribution in [1.29, 1.82) is 0 Å². The largest absolute Gasteiger partial charge is 0.102 e. The van der Waals surface area contributed by atoms with Gasteiger partial charge >= 0.3 is 0 Å². The smallest absolute Gasteiger partial charge is 0.0466 e. The van der Waals surface area contributed by atoms with Gasteiger partial charge in [-0.2, -0.15) is 0 Å². The summed E-state index contributed by atoms with van der Waals surface area (Å²) < 4.78 is 0. The zero-order valence-electron chi connectivity index (χ0n) is 12.7. The minimum absolute atomic E-state index is 0.0483. The summed E-state index contributed by atoms with van der Waals surface area (Å²) in [5.41, 5.74) is 1.34. The Kier molecular flexibility index (Phi) is 5.48. The third-order valence-electron chi connectivity index (χ3n) is 4.39. The van der Waals surface area contributed by atoms with E-state index in [9.17, 15) is 0 Å². The topological polar surface area (TPSA) is 0 Å². The van der Waals surface area contributed by atoms with Gasteiger partial charge in [-0.25, -0.2) is 0 Å². The van der Waals surface area contributed by atoms with Crippen LogP contribution in [0.2, 0.25) is 0 Å². The van der Waals surface area contributed by atoms with E-state index in [0.717, 1.165) is 12.8 Å². The molecule has 0 aliphatic heterocycles. The van der Waals surface area contributed by atoms with Crippen molar-refractivity contribution >= 4 is 0 Å². The maximum atomic E-state index is 4.01. The Labute approximate surface area is 124 Å². The van der Waals surface area contributed by atoms with Crippen molar-refractivity contribution in [2.75, 3.05) is 0 Å². The molecule has 1 atom stereocenters. The molecule has 20 heavy (non-hydrogen) atoms. The highest BCUT2D eigenvalue weighted by Gasteiger charge is 2.18. The highest BCUT2D eigenvalue weighted by Crippen LogP contribution is 2.27. The molecule has 0 saturated heterocycles. The van der Waals surface area contributed by atoms with E-state index in [1.165, 1.54) is 37.7 Å². The molecule has 1 aromatic carbocycles. The molecule has 0 heteroatoms. The molecule has 0 radical (unpaired) electrons. The second-order valence-electron chi connectivity index (χ2n) is 6.21. The molecule has 0 amide bonds. The van der Waals surface area contributed by atoms with Gasteiger partial charge in [-0.05, 0) is 38.2 Å². The predicted octanol–water partition coefficient (Wildman–Crippen LogP) is 5.40. The van der Waals surface area contributed by atoms with Crippen LogP contribution >= 0.6 is 0 Å². The van der Waals surface area contributed by atoms with Crippen molar-refractivity contribution in [2.45, 2.75) is 51.9 Å². The van der Waals surface area contributed by atoms with Crippen molar-refractivity contribution in [3.05, 3.63) is 48.6 Å². The van der Waals surface area contributed by atoms with Crippen LogP contribution in [0.4, 0.5) is 0 Å². The maximum Gasteiger partial charge on any atom is 0.0466 e. The first-order valence-electron chi connectivity index (χ1n) is 7.92. The zero-order valence-corrected chi connectivity index (χ0v) is 12.7. The lowest BCUT2D eigenvalue weighted by atomic mass is 9.83. The number of rotatable bonds is 4. The summed E-state index contributed by atoms with van der Waals surface area (Å²) in [7, 11) is 0. The predicted molar refractivity (Wildman–Crippen MR) is 87.4 cm³/mol. The molecule has 0 spiro atoms. The fourth-order valence-corrected chi connectivity index (χ4v) is 2.78. The zero-order chi connectivity index (χ0) is 14.3. The van der Waals surface area contributed by atoms with Crippen LogP contribution in [0.25, 0.3) is 0 Å². The van der Waals surface area contributed by atoms with Crippen molar-refractivity contribution in [3.63, 3.8) is 0 Å². The number of allylic oxidation sites excluding steroid dienone is 1. The van der Waals surface area contributed by atoms with Gasteiger partial charge in [0.05, 0.1) is 0 Å². The highest BCUT2D eigenvalue weighted by molar-refractivity contribution is 5.21. The summed E-state index contributed by atoms with van der Waals surface area (Å²) in [5, 5.41) is 0. The average molecular weight is 266 g/mol. The molecule has 0 aromatic heterocycles. The molecule has 1 saturated carbocycles. The number of benzene rings is 1. The van der Waals surface area contributed by atoms with Gasteiger partial charge in [0.15, 0.2) is 0 Å². The van der Waals surface area contributed by atoms with E-state index in [2.05, 4.69) is 55.7 Å². The molecular formula is C20H26. The third kappa shape index (κ3) is 4.57. The molecule has 1 aliphatic carbocycles. The van der Waals surface area contributed by atoms with Crippen LogP contribution in [0.5, 0.6) is 0 Å². The van der Waals surface area contributed by atoms with E-state index in [1.54, 1.807) is 0 Å². The van der Waals surface area contributed by atoms with E-state index < -0.39 is 0 Å². The number of hydrogen-bond donors (Lipinski definition) is 0. The Bertz CT molecular complexity index is 468. The average Bonchev–Trinajstić information content (AvgIpc) is 2.53. The van der Waals surface area contributed by atoms with E-state index in [-0.39, 0.29) is 5.41 Å². The fourth-order valence-electron chi connectivity index (χ4n) is 2.78. The SMILES string of the molecule is C=C[C@@](C)(C#CC1CCCCC1)CCc1ccccc1. The lowest BCUT2D eigenvalue weighted by Gasteiger charge is -2.21. The van der Waals surface area contributed by atoms with Crippen LogP contribution in [0, 0.1) is 23.2 Å². The van der Waals surface area contributed by atoms with Crippen molar-refractivity contribution < 1.29 is 0 Å². The molecule has 0 heterocycles. The number of aryl methyl sites for hydroxylation is 1. The Morgan fingerprint density at radius 3 is 2.55 bits per heavy atom. The Morgan fingerprint density at radius 1 is 1.20 bits per heavy atom. The molecule has 1 fully saturated rings. The summed E-state index contributed by atoms with van der Waals surface area (Å²) in [6.07, 6.45) is 10.8. The van der Waals surface area contributed by atoms with Gasteiger partial charge in [-0.15, -0.1) is 6.58 Å². The van der Waals surface area contributed by atoms with Crippen LogP contribution < -0.4 is 0 Å². The first-order valence-corrected chi connectivity index (χ1v) is 7.92. The highest BCUT2D eigenvalue weighted by atomic mass is 14.2. The lowest BCUT2D eigenvalue weighted by molar-refractivity contribution is 0.428. The normalized spacial score (nSPS) is 18.6. The quantitative estimate of drug-likeness (QED) is 0.506. The van der Waals surface area contributed by atoms with Crippen LogP contribution in [0.15, 0.2) is 43.0 Å². The molecule has 1 aromatic rings. The second-order valence-corrected chi connectivity index (χ2v) is 6.21. The van der Waals surface area contributed by atoms with Crippen LogP contribution in [-0.2, 0) is 6.42 Å². The summed E-state index contributed by atoms with van der Waals surface area (Å²) in [6, 6.07) is 10.7. The van der Waals surface area contributed by atoms with Crippen molar-refractivity contribution in [1.82, 2.24) is 0 Å². The third-order valence-corrected chi connectivity index (χ3v) is 4.39. The minimum atomic E-state index is -0.0483. The van der Waals surface area contributed by atoms with Gasteiger partial charge in [0.1, 0.15) is 0 Å². The Morgan fingerprint density at radius 2 is 1.90 bits per heavy atom. The Balaban J connectivity index is 1.94. The lowest BCUT2D eigenvalue weighted by Crippen LogP contribution is -2.12. The van der Waals surface area contributed by atoms with Gasteiger partial charge in [-0.3, -0.25) is 0 Å². The summed E-state index contributed by atoms with van der Waals surface area (Å²) in [4.78, 5) is 0. The molecule has 0 N–H and O–H groups in total. The van der Waals surface area contributed by atoms with Crippen molar-refractivity contribution in [2.24, 2.45) is 11.3 Å². The minimum Gasteiger partial charge on any atom is -0.102 e. The first kappa shape index (κ1) is 14.9. The van der Waals surface area contributed by atoms with Gasteiger partial charge in [-0.1, -0.05) is 67.5 Å². The Hall–Kier alpha value is -1.48. The fraction of sp³-hybridized carbons (Fsp3) is 0.500. The van der Waals surface area contributed by atoms with Crippen LogP contribution in [0.1, 0.15) is 51.0 Å².